The van der Waals surface area contributed by atoms with E-state index in [1.165, 1.54) is 12.1 Å². The lowest BCUT2D eigenvalue weighted by atomic mass is 10.3. The van der Waals surface area contributed by atoms with Crippen molar-refractivity contribution in [3.8, 4) is 0 Å². The van der Waals surface area contributed by atoms with Crippen molar-refractivity contribution < 1.29 is 4.39 Å². The largest absolute Gasteiger partial charge is 0.366 e. The van der Waals surface area contributed by atoms with Crippen LogP contribution in [0, 0.1) is 5.82 Å². The van der Waals surface area contributed by atoms with Crippen LogP contribution in [0.3, 0.4) is 0 Å². The minimum atomic E-state index is -0.199. The van der Waals surface area contributed by atoms with Crippen LogP contribution in [0.1, 0.15) is 0 Å². The van der Waals surface area contributed by atoms with Gasteiger partial charge in [-0.1, -0.05) is 0 Å². The second kappa shape index (κ2) is 1.87. The first-order valence-electron chi connectivity index (χ1n) is 3.13. The maximum absolute atomic E-state index is 12.5. The molecule has 1 heterocycles. The van der Waals surface area contributed by atoms with E-state index < -0.39 is 0 Å². The van der Waals surface area contributed by atoms with Gasteiger partial charge in [-0.3, -0.25) is 0 Å². The predicted octanol–water partition coefficient (Wildman–Crippen LogP) is 1.62. The Morgan fingerprint density at radius 2 is 2.00 bits per heavy atom. The van der Waals surface area contributed by atoms with E-state index in [1.54, 1.807) is 6.07 Å². The van der Waals surface area contributed by atoms with Crippen LogP contribution in [0.2, 0.25) is 0 Å². The fraction of sp³-hybridized carbons (Fsp3) is 0.143. The van der Waals surface area contributed by atoms with Gasteiger partial charge in [0.1, 0.15) is 5.82 Å². The first-order valence-corrected chi connectivity index (χ1v) is 3.13. The van der Waals surface area contributed by atoms with Gasteiger partial charge in [-0.25, -0.2) is 4.39 Å². The zero-order valence-electron chi connectivity index (χ0n) is 5.32. The van der Waals surface area contributed by atoms with E-state index in [-0.39, 0.29) is 5.82 Å². The molecule has 0 unspecified atom stereocenters. The minimum absolute atomic E-state index is 0.199. The van der Waals surface area contributed by atoms with Gasteiger partial charge >= 0.3 is 0 Å². The highest BCUT2D eigenvalue weighted by molar-refractivity contribution is 5.72. The zero-order valence-corrected chi connectivity index (χ0v) is 5.32. The number of fused-ring (bicyclic) bond motifs is 1. The number of benzene rings is 1. The number of hydrogen-bond donors (Lipinski definition) is 2. The van der Waals surface area contributed by atoms with Crippen molar-refractivity contribution in [2.45, 2.75) is 0 Å². The lowest BCUT2D eigenvalue weighted by molar-refractivity contribution is 0.629. The molecule has 3 heteroatoms. The van der Waals surface area contributed by atoms with E-state index >= 15 is 0 Å². The Hall–Kier alpha value is -1.25. The van der Waals surface area contributed by atoms with E-state index in [1.807, 2.05) is 0 Å². The Morgan fingerprint density at radius 3 is 2.90 bits per heavy atom. The summed E-state index contributed by atoms with van der Waals surface area (Å²) in [6.45, 7) is 0.693. The van der Waals surface area contributed by atoms with Crippen molar-refractivity contribution in [2.75, 3.05) is 17.3 Å². The fourth-order valence-corrected chi connectivity index (χ4v) is 1.05. The van der Waals surface area contributed by atoms with Crippen molar-refractivity contribution in [1.29, 1.82) is 0 Å². The summed E-state index contributed by atoms with van der Waals surface area (Å²) in [4.78, 5) is 0. The lowest BCUT2D eigenvalue weighted by Crippen LogP contribution is -1.98. The quantitative estimate of drug-likeness (QED) is 0.569. The van der Waals surface area contributed by atoms with Gasteiger partial charge in [0.25, 0.3) is 0 Å². The summed E-state index contributed by atoms with van der Waals surface area (Å²) in [5.74, 6) is -0.199. The van der Waals surface area contributed by atoms with Crippen LogP contribution in [0.5, 0.6) is 0 Å². The van der Waals surface area contributed by atoms with E-state index in [0.717, 1.165) is 11.4 Å². The monoisotopic (exact) mass is 138 g/mol. The highest BCUT2D eigenvalue weighted by Gasteiger charge is 2.07. The molecule has 0 radical (unpaired) electrons. The van der Waals surface area contributed by atoms with Crippen molar-refractivity contribution in [3.05, 3.63) is 24.0 Å². The number of hydrogen-bond acceptors (Lipinski definition) is 2. The second-order valence-electron chi connectivity index (χ2n) is 2.22. The fourth-order valence-electron chi connectivity index (χ4n) is 1.05. The molecule has 1 aliphatic rings. The van der Waals surface area contributed by atoms with Gasteiger partial charge in [0.2, 0.25) is 0 Å². The summed E-state index contributed by atoms with van der Waals surface area (Å²) >= 11 is 0. The summed E-state index contributed by atoms with van der Waals surface area (Å²) in [6.07, 6.45) is 0. The molecule has 0 amide bonds. The molecule has 0 atom stereocenters. The molecular formula is C7H7FN2. The maximum atomic E-state index is 12.5. The van der Waals surface area contributed by atoms with Crippen LogP contribution in [-0.2, 0) is 0 Å². The molecule has 52 valence electrons. The summed E-state index contributed by atoms with van der Waals surface area (Å²) in [5, 5.41) is 6.04. The standard InChI is InChI=1S/C7H7FN2/c8-5-1-2-6-7(3-5)10-4-9-6/h1-3,9-10H,4H2. The van der Waals surface area contributed by atoms with Gasteiger partial charge in [0, 0.05) is 0 Å². The molecule has 0 aliphatic carbocycles. The Labute approximate surface area is 58.1 Å². The minimum Gasteiger partial charge on any atom is -0.366 e. The average Bonchev–Trinajstić information content (AvgIpc) is 2.33. The molecule has 2 rings (SSSR count). The van der Waals surface area contributed by atoms with Crippen LogP contribution in [0.25, 0.3) is 0 Å². The highest BCUT2D eigenvalue weighted by Crippen LogP contribution is 2.25. The SMILES string of the molecule is Fc1ccc2c(c1)NCN2. The Bertz CT molecular complexity index is 260. The zero-order chi connectivity index (χ0) is 6.97. The summed E-state index contributed by atoms with van der Waals surface area (Å²) in [6, 6.07) is 4.65. The van der Waals surface area contributed by atoms with Crippen LogP contribution < -0.4 is 10.6 Å². The predicted molar refractivity (Wildman–Crippen MR) is 38.5 cm³/mol. The second-order valence-corrected chi connectivity index (χ2v) is 2.22. The number of rotatable bonds is 0. The van der Waals surface area contributed by atoms with Crippen LogP contribution >= 0.6 is 0 Å². The molecule has 0 aromatic heterocycles. The Balaban J connectivity index is 2.52. The summed E-state index contributed by atoms with van der Waals surface area (Å²) in [7, 11) is 0. The average molecular weight is 138 g/mol. The molecule has 0 fully saturated rings. The van der Waals surface area contributed by atoms with E-state index in [9.17, 15) is 4.39 Å². The Kier molecular flexibility index (Phi) is 1.03. The first kappa shape index (κ1) is 5.53. The molecule has 2 nitrogen and oxygen atoms in total. The molecule has 2 N–H and O–H groups in total. The smallest absolute Gasteiger partial charge is 0.125 e. The third kappa shape index (κ3) is 0.708. The molecule has 0 saturated carbocycles. The Morgan fingerprint density at radius 1 is 1.20 bits per heavy atom. The first-order chi connectivity index (χ1) is 4.86. The molecule has 1 aromatic carbocycles. The topological polar surface area (TPSA) is 24.1 Å². The van der Waals surface area contributed by atoms with Crippen LogP contribution in [0.4, 0.5) is 15.8 Å². The van der Waals surface area contributed by atoms with E-state index in [0.29, 0.717) is 6.67 Å². The van der Waals surface area contributed by atoms with E-state index in [4.69, 9.17) is 0 Å². The van der Waals surface area contributed by atoms with Crippen molar-refractivity contribution in [3.63, 3.8) is 0 Å². The van der Waals surface area contributed by atoms with Gasteiger partial charge in [0.15, 0.2) is 0 Å². The molecular weight excluding hydrogens is 131 g/mol. The normalized spacial score (nSPS) is 13.7. The van der Waals surface area contributed by atoms with Crippen molar-refractivity contribution in [2.24, 2.45) is 0 Å². The van der Waals surface area contributed by atoms with Crippen molar-refractivity contribution in [1.82, 2.24) is 0 Å². The van der Waals surface area contributed by atoms with Crippen LogP contribution in [0.15, 0.2) is 18.2 Å². The number of nitrogens with one attached hydrogen (secondary N) is 2. The molecule has 1 aromatic rings. The maximum Gasteiger partial charge on any atom is 0.125 e. The van der Waals surface area contributed by atoms with Crippen molar-refractivity contribution >= 4 is 11.4 Å². The molecule has 10 heavy (non-hydrogen) atoms. The van der Waals surface area contributed by atoms with E-state index in [2.05, 4.69) is 10.6 Å². The molecule has 1 aliphatic heterocycles. The third-order valence-electron chi connectivity index (χ3n) is 1.54. The van der Waals surface area contributed by atoms with Gasteiger partial charge in [-0.2, -0.15) is 0 Å². The number of anilines is 2. The summed E-state index contributed by atoms with van der Waals surface area (Å²) in [5.41, 5.74) is 1.82. The van der Waals surface area contributed by atoms with Gasteiger partial charge in [-0.15, -0.1) is 0 Å². The van der Waals surface area contributed by atoms with Gasteiger partial charge < -0.3 is 10.6 Å². The van der Waals surface area contributed by atoms with Crippen LogP contribution in [-0.4, -0.2) is 6.67 Å². The molecule has 0 saturated heterocycles. The molecule has 0 bridgehead atoms. The number of halogens is 1. The highest BCUT2D eigenvalue weighted by atomic mass is 19.1. The summed E-state index contributed by atoms with van der Waals surface area (Å²) < 4.78 is 12.5. The van der Waals surface area contributed by atoms with Gasteiger partial charge in [-0.05, 0) is 18.2 Å². The van der Waals surface area contributed by atoms with Gasteiger partial charge in [0.05, 0.1) is 18.0 Å². The lowest BCUT2D eigenvalue weighted by Gasteiger charge is -1.95. The molecule has 0 spiro atoms. The third-order valence-corrected chi connectivity index (χ3v) is 1.54.